The number of methoxy groups -OCH3 is 1. The topological polar surface area (TPSA) is 79.0 Å². The molecule has 1 aliphatic rings. The van der Waals surface area contributed by atoms with Gasteiger partial charge < -0.3 is 15.0 Å². The van der Waals surface area contributed by atoms with Gasteiger partial charge in [0.05, 0.1) is 18.0 Å². The Hall–Kier alpha value is -2.94. The zero-order chi connectivity index (χ0) is 25.0. The standard InChI is InChI=1S/C27H33N3O4S/c1-29(2)26(23-9-6-10-24(17-23)34-3)19-28-27(31)21-13-15-30(16-14-21)35(32,33)25-12-11-20-7-4-5-8-22(20)18-25/h4-12,17-18,21,26H,13-16,19H2,1-3H3,(H,28,31). The zero-order valence-corrected chi connectivity index (χ0v) is 21.3. The summed E-state index contributed by atoms with van der Waals surface area (Å²) in [6.45, 7) is 1.13. The first-order valence-electron chi connectivity index (χ1n) is 11.9. The van der Waals surface area contributed by atoms with Crippen LogP contribution in [0.3, 0.4) is 0 Å². The molecular weight excluding hydrogens is 462 g/mol. The Morgan fingerprint density at radius 1 is 1.03 bits per heavy atom. The molecule has 1 heterocycles. The van der Waals surface area contributed by atoms with Gasteiger partial charge in [-0.25, -0.2) is 8.42 Å². The molecule has 0 radical (unpaired) electrons. The molecule has 8 heteroatoms. The maximum atomic E-state index is 13.2. The number of sulfonamides is 1. The summed E-state index contributed by atoms with van der Waals surface area (Å²) in [7, 11) is 2.00. The summed E-state index contributed by atoms with van der Waals surface area (Å²) in [6, 6.07) is 20.8. The number of piperidine rings is 1. The van der Waals surface area contributed by atoms with Gasteiger partial charge in [-0.15, -0.1) is 0 Å². The van der Waals surface area contributed by atoms with Crippen LogP contribution in [0.25, 0.3) is 10.8 Å². The number of hydrogen-bond donors (Lipinski definition) is 1. The van der Waals surface area contributed by atoms with Gasteiger partial charge >= 0.3 is 0 Å². The number of carbonyl (C=O) groups excluding carboxylic acids is 1. The minimum atomic E-state index is -3.60. The molecule has 1 amide bonds. The summed E-state index contributed by atoms with van der Waals surface area (Å²) in [4.78, 5) is 15.3. The van der Waals surface area contributed by atoms with Crippen LogP contribution < -0.4 is 10.1 Å². The maximum absolute atomic E-state index is 13.2. The molecule has 1 aliphatic heterocycles. The highest BCUT2D eigenvalue weighted by molar-refractivity contribution is 7.89. The normalized spacial score (nSPS) is 16.3. The Labute approximate surface area is 207 Å². The molecule has 1 saturated heterocycles. The smallest absolute Gasteiger partial charge is 0.243 e. The lowest BCUT2D eigenvalue weighted by atomic mass is 9.97. The number of hydrogen-bond acceptors (Lipinski definition) is 5. The molecule has 1 fully saturated rings. The summed E-state index contributed by atoms with van der Waals surface area (Å²) < 4.78 is 33.3. The van der Waals surface area contributed by atoms with Crippen molar-refractivity contribution >= 4 is 26.7 Å². The first-order chi connectivity index (χ1) is 16.8. The molecule has 0 saturated carbocycles. The van der Waals surface area contributed by atoms with E-state index in [0.717, 1.165) is 22.1 Å². The van der Waals surface area contributed by atoms with E-state index in [9.17, 15) is 13.2 Å². The number of nitrogens with zero attached hydrogens (tertiary/aromatic N) is 2. The molecule has 0 spiro atoms. The SMILES string of the molecule is COc1cccc(C(CNC(=O)C2CCN(S(=O)(=O)c3ccc4ccccc4c3)CC2)N(C)C)c1. The number of ether oxygens (including phenoxy) is 1. The Morgan fingerprint density at radius 3 is 2.43 bits per heavy atom. The van der Waals surface area contributed by atoms with Crippen molar-refractivity contribution in [2.75, 3.05) is 40.8 Å². The molecule has 0 aromatic heterocycles. The Morgan fingerprint density at radius 2 is 1.74 bits per heavy atom. The van der Waals surface area contributed by atoms with Gasteiger partial charge in [0.2, 0.25) is 15.9 Å². The van der Waals surface area contributed by atoms with Crippen LogP contribution in [0.15, 0.2) is 71.6 Å². The summed E-state index contributed by atoms with van der Waals surface area (Å²) in [6.07, 6.45) is 1.01. The molecule has 3 aromatic rings. The number of rotatable bonds is 8. The van der Waals surface area contributed by atoms with Crippen LogP contribution in [-0.4, -0.2) is 64.4 Å². The number of amides is 1. The van der Waals surface area contributed by atoms with E-state index in [2.05, 4.69) is 10.2 Å². The first-order valence-corrected chi connectivity index (χ1v) is 13.3. The van der Waals surface area contributed by atoms with Crippen LogP contribution in [0, 0.1) is 5.92 Å². The van der Waals surface area contributed by atoms with E-state index in [0.29, 0.717) is 37.4 Å². The summed E-state index contributed by atoms with van der Waals surface area (Å²) in [5.41, 5.74) is 1.06. The lowest BCUT2D eigenvalue weighted by Crippen LogP contribution is -2.44. The van der Waals surface area contributed by atoms with Gasteiger partial charge in [0, 0.05) is 25.6 Å². The molecule has 1 N–H and O–H groups in total. The second-order valence-corrected chi connectivity index (χ2v) is 11.1. The van der Waals surface area contributed by atoms with Crippen LogP contribution in [0.2, 0.25) is 0 Å². The fraction of sp³-hybridized carbons (Fsp3) is 0.370. The van der Waals surface area contributed by atoms with E-state index in [1.165, 1.54) is 4.31 Å². The molecule has 1 atom stereocenters. The van der Waals surface area contributed by atoms with Gasteiger partial charge in [-0.2, -0.15) is 4.31 Å². The van der Waals surface area contributed by atoms with E-state index in [4.69, 9.17) is 4.74 Å². The summed E-state index contributed by atoms with van der Waals surface area (Å²) in [5.74, 6) is 0.550. The lowest BCUT2D eigenvalue weighted by molar-refractivity contribution is -0.126. The average Bonchev–Trinajstić information content (AvgIpc) is 2.88. The van der Waals surface area contributed by atoms with Crippen molar-refractivity contribution in [3.63, 3.8) is 0 Å². The predicted octanol–water partition coefficient (Wildman–Crippen LogP) is 3.67. The number of likely N-dealkylation sites (N-methyl/N-ethyl adjacent to an activating group) is 1. The number of carbonyl (C=O) groups is 1. The van der Waals surface area contributed by atoms with Gasteiger partial charge in [0.25, 0.3) is 0 Å². The molecule has 4 rings (SSSR count). The molecule has 0 bridgehead atoms. The van der Waals surface area contributed by atoms with Gasteiger partial charge in [-0.05, 0) is 67.5 Å². The largest absolute Gasteiger partial charge is 0.497 e. The molecule has 186 valence electrons. The molecule has 0 aliphatic carbocycles. The predicted molar refractivity (Wildman–Crippen MR) is 138 cm³/mol. The fourth-order valence-corrected chi connectivity index (χ4v) is 6.13. The molecule has 7 nitrogen and oxygen atoms in total. The van der Waals surface area contributed by atoms with Crippen LogP contribution in [0.1, 0.15) is 24.4 Å². The third-order valence-corrected chi connectivity index (χ3v) is 8.65. The molecule has 3 aromatic carbocycles. The van der Waals surface area contributed by atoms with E-state index >= 15 is 0 Å². The van der Waals surface area contributed by atoms with Crippen molar-refractivity contribution in [1.29, 1.82) is 0 Å². The van der Waals surface area contributed by atoms with Gasteiger partial charge in [0.1, 0.15) is 5.75 Å². The highest BCUT2D eigenvalue weighted by atomic mass is 32.2. The van der Waals surface area contributed by atoms with E-state index in [1.54, 1.807) is 19.2 Å². The van der Waals surface area contributed by atoms with Crippen molar-refractivity contribution in [1.82, 2.24) is 14.5 Å². The van der Waals surface area contributed by atoms with Gasteiger partial charge in [-0.3, -0.25) is 4.79 Å². The summed E-state index contributed by atoms with van der Waals surface area (Å²) >= 11 is 0. The van der Waals surface area contributed by atoms with Crippen molar-refractivity contribution in [3.8, 4) is 5.75 Å². The van der Waals surface area contributed by atoms with E-state index in [1.807, 2.05) is 68.7 Å². The molecule has 1 unspecified atom stereocenters. The van der Waals surface area contributed by atoms with E-state index < -0.39 is 10.0 Å². The quantitative estimate of drug-likeness (QED) is 0.516. The van der Waals surface area contributed by atoms with Crippen LogP contribution >= 0.6 is 0 Å². The fourth-order valence-electron chi connectivity index (χ4n) is 4.62. The Bertz CT molecular complexity index is 1280. The number of nitrogens with one attached hydrogen (secondary N) is 1. The molecule has 35 heavy (non-hydrogen) atoms. The van der Waals surface area contributed by atoms with Crippen molar-refractivity contribution < 1.29 is 17.9 Å². The summed E-state index contributed by atoms with van der Waals surface area (Å²) in [5, 5.41) is 4.99. The second kappa shape index (κ2) is 10.8. The van der Waals surface area contributed by atoms with Crippen molar-refractivity contribution in [2.45, 2.75) is 23.8 Å². The number of benzene rings is 3. The minimum absolute atomic E-state index is 0.00224. The Balaban J connectivity index is 1.36. The average molecular weight is 496 g/mol. The molecular formula is C27H33N3O4S. The van der Waals surface area contributed by atoms with Crippen LogP contribution in [-0.2, 0) is 14.8 Å². The number of fused-ring (bicyclic) bond motifs is 1. The second-order valence-electron chi connectivity index (χ2n) is 9.19. The Kier molecular flexibility index (Phi) is 7.74. The van der Waals surface area contributed by atoms with Crippen molar-refractivity contribution in [2.24, 2.45) is 5.92 Å². The van der Waals surface area contributed by atoms with Crippen molar-refractivity contribution in [3.05, 3.63) is 72.3 Å². The zero-order valence-electron chi connectivity index (χ0n) is 20.5. The first kappa shape index (κ1) is 25.2. The lowest BCUT2D eigenvalue weighted by Gasteiger charge is -2.31. The monoisotopic (exact) mass is 495 g/mol. The van der Waals surface area contributed by atoms with Gasteiger partial charge in [-0.1, -0.05) is 42.5 Å². The van der Waals surface area contributed by atoms with E-state index in [-0.39, 0.29) is 17.9 Å². The minimum Gasteiger partial charge on any atom is -0.497 e. The highest BCUT2D eigenvalue weighted by Gasteiger charge is 2.32. The third-order valence-electron chi connectivity index (χ3n) is 6.75. The maximum Gasteiger partial charge on any atom is 0.243 e. The van der Waals surface area contributed by atoms with Crippen LogP contribution in [0.4, 0.5) is 0 Å². The van der Waals surface area contributed by atoms with Gasteiger partial charge in [0.15, 0.2) is 0 Å². The third kappa shape index (κ3) is 5.66. The highest BCUT2D eigenvalue weighted by Crippen LogP contribution is 2.27. The van der Waals surface area contributed by atoms with Crippen LogP contribution in [0.5, 0.6) is 5.75 Å².